The Morgan fingerprint density at radius 1 is 1.10 bits per heavy atom. The first-order valence-corrected chi connectivity index (χ1v) is 9.84. The first kappa shape index (κ1) is 19.6. The lowest BCUT2D eigenvalue weighted by Crippen LogP contribution is -2.37. The molecular formula is C23H22N4O3. The Labute approximate surface area is 173 Å². The van der Waals surface area contributed by atoms with Crippen molar-refractivity contribution >= 4 is 17.5 Å². The van der Waals surface area contributed by atoms with Gasteiger partial charge >= 0.3 is 0 Å². The maximum Gasteiger partial charge on any atom is 0.267 e. The zero-order chi connectivity index (χ0) is 21.1. The first-order chi connectivity index (χ1) is 14.5. The van der Waals surface area contributed by atoms with Crippen LogP contribution >= 0.6 is 0 Å². The second-order valence-corrected chi connectivity index (χ2v) is 7.42. The third kappa shape index (κ3) is 4.46. The molecule has 30 heavy (non-hydrogen) atoms. The van der Waals surface area contributed by atoms with Gasteiger partial charge in [0.2, 0.25) is 5.91 Å². The molecule has 0 unspecified atom stereocenters. The Bertz CT molecular complexity index is 1150. The predicted octanol–water partition coefficient (Wildman–Crippen LogP) is 2.75. The van der Waals surface area contributed by atoms with E-state index in [1.54, 1.807) is 18.2 Å². The van der Waals surface area contributed by atoms with Crippen LogP contribution < -0.4 is 16.2 Å². The molecule has 1 aliphatic rings. The molecule has 0 bridgehead atoms. The van der Waals surface area contributed by atoms with Gasteiger partial charge in [-0.25, -0.2) is 4.98 Å². The summed E-state index contributed by atoms with van der Waals surface area (Å²) in [5.41, 5.74) is 1.73. The molecule has 2 amide bonds. The van der Waals surface area contributed by atoms with E-state index in [0.717, 1.165) is 18.4 Å². The molecule has 2 N–H and O–H groups in total. The van der Waals surface area contributed by atoms with Crippen molar-refractivity contribution in [2.75, 3.05) is 5.32 Å². The average molecular weight is 402 g/mol. The van der Waals surface area contributed by atoms with Crippen LogP contribution in [0.3, 0.4) is 0 Å². The van der Waals surface area contributed by atoms with Crippen LogP contribution in [0.4, 0.5) is 5.69 Å². The minimum absolute atomic E-state index is 0.0649. The summed E-state index contributed by atoms with van der Waals surface area (Å²) in [6.45, 7) is 1.67. The molecule has 1 fully saturated rings. The fourth-order valence-electron chi connectivity index (χ4n) is 3.17. The van der Waals surface area contributed by atoms with Crippen LogP contribution in [0.1, 0.15) is 28.8 Å². The van der Waals surface area contributed by atoms with Crippen LogP contribution in [0.15, 0.2) is 65.6 Å². The van der Waals surface area contributed by atoms with Crippen LogP contribution in [-0.2, 0) is 11.3 Å². The minimum Gasteiger partial charge on any atom is -0.349 e. The van der Waals surface area contributed by atoms with Gasteiger partial charge in [0, 0.05) is 23.5 Å². The van der Waals surface area contributed by atoms with Gasteiger partial charge in [-0.3, -0.25) is 19.0 Å². The standard InChI is InChI=1S/C23H22N4O3/c1-15-6-5-9-18(12-15)25-20(28)14-27-21(16-7-3-2-4-8-16)24-13-19(23(27)30)22(29)26-17-10-11-17/h2-9,12-13,17H,10-11,14H2,1H3,(H,25,28)(H,26,29). The number of amides is 2. The molecule has 7 heteroatoms. The summed E-state index contributed by atoms with van der Waals surface area (Å²) in [5.74, 6) is -0.494. The molecule has 3 aromatic rings. The quantitative estimate of drug-likeness (QED) is 0.663. The van der Waals surface area contributed by atoms with Crippen molar-refractivity contribution in [3.8, 4) is 11.4 Å². The van der Waals surface area contributed by atoms with E-state index >= 15 is 0 Å². The Morgan fingerprint density at radius 2 is 1.87 bits per heavy atom. The number of hydrogen-bond acceptors (Lipinski definition) is 4. The van der Waals surface area contributed by atoms with E-state index in [1.807, 2.05) is 43.3 Å². The van der Waals surface area contributed by atoms with Gasteiger partial charge in [0.1, 0.15) is 17.9 Å². The lowest BCUT2D eigenvalue weighted by Gasteiger charge is -2.14. The summed E-state index contributed by atoms with van der Waals surface area (Å²) >= 11 is 0. The Balaban J connectivity index is 1.68. The zero-order valence-electron chi connectivity index (χ0n) is 16.6. The van der Waals surface area contributed by atoms with Crippen LogP contribution in [-0.4, -0.2) is 27.4 Å². The zero-order valence-corrected chi connectivity index (χ0v) is 16.6. The fourth-order valence-corrected chi connectivity index (χ4v) is 3.17. The molecular weight excluding hydrogens is 380 g/mol. The van der Waals surface area contributed by atoms with Crippen molar-refractivity contribution in [2.45, 2.75) is 32.4 Å². The van der Waals surface area contributed by atoms with E-state index in [4.69, 9.17) is 0 Å². The summed E-state index contributed by atoms with van der Waals surface area (Å²) in [5, 5.41) is 5.61. The highest BCUT2D eigenvalue weighted by Gasteiger charge is 2.26. The third-order valence-corrected chi connectivity index (χ3v) is 4.84. The highest BCUT2D eigenvalue weighted by molar-refractivity contribution is 5.94. The van der Waals surface area contributed by atoms with Crippen molar-refractivity contribution < 1.29 is 9.59 Å². The van der Waals surface area contributed by atoms with Gasteiger partial charge in [-0.2, -0.15) is 0 Å². The van der Waals surface area contributed by atoms with Crippen molar-refractivity contribution in [1.82, 2.24) is 14.9 Å². The number of nitrogens with one attached hydrogen (secondary N) is 2. The maximum absolute atomic E-state index is 13.1. The van der Waals surface area contributed by atoms with E-state index in [9.17, 15) is 14.4 Å². The van der Waals surface area contributed by atoms with E-state index in [1.165, 1.54) is 10.8 Å². The van der Waals surface area contributed by atoms with E-state index < -0.39 is 11.5 Å². The van der Waals surface area contributed by atoms with Gasteiger partial charge in [0.15, 0.2) is 0 Å². The number of aryl methyl sites for hydroxylation is 1. The number of rotatable bonds is 6. The highest BCUT2D eigenvalue weighted by Crippen LogP contribution is 2.19. The summed E-state index contributed by atoms with van der Waals surface area (Å²) in [7, 11) is 0. The smallest absolute Gasteiger partial charge is 0.267 e. The number of aromatic nitrogens is 2. The Kier molecular flexibility index (Phi) is 5.43. The summed E-state index contributed by atoms with van der Waals surface area (Å²) in [6.07, 6.45) is 3.11. The van der Waals surface area contributed by atoms with E-state index in [-0.39, 0.29) is 24.1 Å². The topological polar surface area (TPSA) is 93.1 Å². The molecule has 1 heterocycles. The molecule has 7 nitrogen and oxygen atoms in total. The highest BCUT2D eigenvalue weighted by atomic mass is 16.2. The number of anilines is 1. The van der Waals surface area contributed by atoms with Gasteiger partial charge in [-0.1, -0.05) is 42.5 Å². The van der Waals surface area contributed by atoms with Crippen molar-refractivity contribution in [3.05, 3.63) is 82.3 Å². The molecule has 152 valence electrons. The van der Waals surface area contributed by atoms with Crippen LogP contribution in [0.2, 0.25) is 0 Å². The molecule has 1 aliphatic carbocycles. The van der Waals surface area contributed by atoms with Gasteiger partial charge in [-0.05, 0) is 37.5 Å². The lowest BCUT2D eigenvalue weighted by atomic mass is 10.2. The molecule has 0 spiro atoms. The second-order valence-electron chi connectivity index (χ2n) is 7.42. The number of benzene rings is 2. The molecule has 0 saturated heterocycles. The van der Waals surface area contributed by atoms with Gasteiger partial charge in [0.25, 0.3) is 11.5 Å². The summed E-state index contributed by atoms with van der Waals surface area (Å²) in [6, 6.07) is 16.6. The van der Waals surface area contributed by atoms with Crippen molar-refractivity contribution in [3.63, 3.8) is 0 Å². The summed E-state index contributed by atoms with van der Waals surface area (Å²) in [4.78, 5) is 42.6. The second kappa shape index (κ2) is 8.32. The van der Waals surface area contributed by atoms with Crippen molar-refractivity contribution in [1.29, 1.82) is 0 Å². The molecule has 0 atom stereocenters. The van der Waals surface area contributed by atoms with Gasteiger partial charge in [-0.15, -0.1) is 0 Å². The Morgan fingerprint density at radius 3 is 2.57 bits per heavy atom. The molecule has 1 aromatic heterocycles. The van der Waals surface area contributed by atoms with Crippen LogP contribution in [0, 0.1) is 6.92 Å². The van der Waals surface area contributed by atoms with Crippen molar-refractivity contribution in [2.24, 2.45) is 0 Å². The molecule has 0 radical (unpaired) electrons. The normalized spacial score (nSPS) is 13.0. The van der Waals surface area contributed by atoms with E-state index in [0.29, 0.717) is 17.1 Å². The molecule has 4 rings (SSSR count). The van der Waals surface area contributed by atoms with Crippen LogP contribution in [0.25, 0.3) is 11.4 Å². The molecule has 2 aromatic carbocycles. The summed E-state index contributed by atoms with van der Waals surface area (Å²) < 4.78 is 1.25. The molecule has 1 saturated carbocycles. The van der Waals surface area contributed by atoms with Gasteiger partial charge < -0.3 is 10.6 Å². The van der Waals surface area contributed by atoms with E-state index in [2.05, 4.69) is 15.6 Å². The first-order valence-electron chi connectivity index (χ1n) is 9.84. The minimum atomic E-state index is -0.540. The SMILES string of the molecule is Cc1cccc(NC(=O)Cn2c(-c3ccccc3)ncc(C(=O)NC3CC3)c2=O)c1. The third-order valence-electron chi connectivity index (χ3n) is 4.84. The predicted molar refractivity (Wildman–Crippen MR) is 114 cm³/mol. The van der Waals surface area contributed by atoms with Gasteiger partial charge in [0.05, 0.1) is 0 Å². The lowest BCUT2D eigenvalue weighted by molar-refractivity contribution is -0.116. The number of nitrogens with zero attached hydrogens (tertiary/aromatic N) is 2. The maximum atomic E-state index is 13.1. The fraction of sp³-hybridized carbons (Fsp3) is 0.217. The molecule has 0 aliphatic heterocycles. The number of carbonyl (C=O) groups excluding carboxylic acids is 2. The van der Waals surface area contributed by atoms with Crippen LogP contribution in [0.5, 0.6) is 0 Å². The Hall–Kier alpha value is -3.74. The monoisotopic (exact) mass is 402 g/mol. The number of carbonyl (C=O) groups is 2. The average Bonchev–Trinajstić information content (AvgIpc) is 3.54. The number of hydrogen-bond donors (Lipinski definition) is 2. The largest absolute Gasteiger partial charge is 0.349 e.